The molecule has 0 aliphatic carbocycles. The monoisotopic (exact) mass is 569 g/mol. The summed E-state index contributed by atoms with van der Waals surface area (Å²) in [5.74, 6) is 1.22. The maximum absolute atomic E-state index is 13.0. The Hall–Kier alpha value is -3.39. The molecule has 9 heteroatoms. The van der Waals surface area contributed by atoms with Crippen LogP contribution in [0.15, 0.2) is 78.2 Å². The van der Waals surface area contributed by atoms with E-state index in [1.54, 1.807) is 61.7 Å². The summed E-state index contributed by atoms with van der Waals surface area (Å²) in [6, 6.07) is 18.1. The largest absolute Gasteiger partial charge is 0.493 e. The number of allylic oxidation sites excluding steroid dienone is 1. The Morgan fingerprint density at radius 2 is 1.76 bits per heavy atom. The minimum absolute atomic E-state index is 0.107. The highest BCUT2D eigenvalue weighted by molar-refractivity contribution is 8.18. The molecule has 1 heterocycles. The van der Waals surface area contributed by atoms with E-state index in [0.717, 1.165) is 22.9 Å². The van der Waals surface area contributed by atoms with Gasteiger partial charge in [-0.15, -0.1) is 6.58 Å². The van der Waals surface area contributed by atoms with Crippen molar-refractivity contribution in [2.45, 2.75) is 13.0 Å². The number of methoxy groups -OCH3 is 1. The van der Waals surface area contributed by atoms with Gasteiger partial charge in [-0.3, -0.25) is 14.5 Å². The fraction of sp³-hybridized carbons (Fsp3) is 0.172. The first-order chi connectivity index (χ1) is 18.4. The summed E-state index contributed by atoms with van der Waals surface area (Å²) in [7, 11) is 1.55. The number of imide groups is 1. The molecule has 1 aliphatic rings. The molecule has 196 valence electrons. The molecule has 0 N–H and O–H groups in total. The molecule has 0 aromatic heterocycles. The molecule has 1 aliphatic heterocycles. The topological polar surface area (TPSA) is 65.1 Å². The second-order valence-corrected chi connectivity index (χ2v) is 10.1. The van der Waals surface area contributed by atoms with E-state index in [-0.39, 0.29) is 24.3 Å². The molecule has 0 saturated carbocycles. The van der Waals surface area contributed by atoms with Crippen molar-refractivity contribution in [2.24, 2.45) is 0 Å². The third-order valence-electron chi connectivity index (χ3n) is 5.62. The molecule has 3 aromatic rings. The van der Waals surface area contributed by atoms with Gasteiger partial charge in [0.2, 0.25) is 0 Å². The van der Waals surface area contributed by atoms with Gasteiger partial charge in [-0.25, -0.2) is 0 Å². The molecular weight excluding hydrogens is 545 g/mol. The second-order valence-electron chi connectivity index (χ2n) is 8.23. The van der Waals surface area contributed by atoms with Gasteiger partial charge in [0.15, 0.2) is 11.5 Å². The standard InChI is InChI=1S/C29H25Cl2NO5S/c1-3-6-21-15-20(16-25(35-2)27(21)37-18-19-9-11-22(30)12-10-19)17-26-28(33)32(29(34)38-26)13-14-36-24-8-5-4-7-23(24)31/h3-5,7-12,15-17H,1,6,13-14,18H2,2H3/b26-17-. The molecule has 2 amide bonds. The average molecular weight is 570 g/mol. The minimum atomic E-state index is -0.380. The van der Waals surface area contributed by atoms with Gasteiger partial charge in [0, 0.05) is 10.6 Å². The van der Waals surface area contributed by atoms with Gasteiger partial charge < -0.3 is 14.2 Å². The third kappa shape index (κ3) is 6.72. The Kier molecular flexibility index (Phi) is 9.39. The number of carbonyl (C=O) groups excluding carboxylic acids is 2. The van der Waals surface area contributed by atoms with Crippen LogP contribution in [-0.2, 0) is 17.8 Å². The second kappa shape index (κ2) is 12.9. The summed E-state index contributed by atoms with van der Waals surface area (Å²) in [5.41, 5.74) is 2.50. The zero-order chi connectivity index (χ0) is 27.1. The quantitative estimate of drug-likeness (QED) is 0.177. The van der Waals surface area contributed by atoms with E-state index in [2.05, 4.69) is 6.58 Å². The highest BCUT2D eigenvalue weighted by atomic mass is 35.5. The molecular formula is C29H25Cl2NO5S. The van der Waals surface area contributed by atoms with Crippen LogP contribution in [0.5, 0.6) is 17.2 Å². The maximum atomic E-state index is 13.0. The lowest BCUT2D eigenvalue weighted by atomic mass is 10.0. The number of halogens is 2. The van der Waals surface area contributed by atoms with Gasteiger partial charge in [0.25, 0.3) is 11.1 Å². The number of para-hydroxylation sites is 1. The smallest absolute Gasteiger partial charge is 0.293 e. The van der Waals surface area contributed by atoms with Crippen LogP contribution < -0.4 is 14.2 Å². The predicted octanol–water partition coefficient (Wildman–Crippen LogP) is 7.42. The summed E-state index contributed by atoms with van der Waals surface area (Å²) in [4.78, 5) is 27.0. The van der Waals surface area contributed by atoms with E-state index < -0.39 is 0 Å². The minimum Gasteiger partial charge on any atom is -0.493 e. The lowest BCUT2D eigenvalue weighted by Gasteiger charge is -2.16. The van der Waals surface area contributed by atoms with Crippen molar-refractivity contribution in [3.05, 3.63) is 105 Å². The zero-order valence-electron chi connectivity index (χ0n) is 20.6. The zero-order valence-corrected chi connectivity index (χ0v) is 22.9. The van der Waals surface area contributed by atoms with E-state index in [0.29, 0.717) is 50.8 Å². The number of amides is 2. The van der Waals surface area contributed by atoms with E-state index in [1.165, 1.54) is 4.90 Å². The van der Waals surface area contributed by atoms with Crippen molar-refractivity contribution in [2.75, 3.05) is 20.3 Å². The summed E-state index contributed by atoms with van der Waals surface area (Å²) in [6.45, 7) is 4.41. The van der Waals surface area contributed by atoms with Crippen LogP contribution in [0.2, 0.25) is 10.0 Å². The molecule has 1 fully saturated rings. The first kappa shape index (κ1) is 27.6. The molecule has 0 atom stereocenters. The van der Waals surface area contributed by atoms with E-state index in [4.69, 9.17) is 37.4 Å². The molecule has 0 radical (unpaired) electrons. The third-order valence-corrected chi connectivity index (χ3v) is 7.09. The number of rotatable bonds is 11. The molecule has 6 nitrogen and oxygen atoms in total. The van der Waals surface area contributed by atoms with E-state index in [1.807, 2.05) is 18.2 Å². The molecule has 38 heavy (non-hydrogen) atoms. The number of carbonyl (C=O) groups is 2. The number of benzene rings is 3. The van der Waals surface area contributed by atoms with Gasteiger partial charge >= 0.3 is 0 Å². The van der Waals surface area contributed by atoms with Gasteiger partial charge in [-0.2, -0.15) is 0 Å². The molecule has 3 aromatic carbocycles. The summed E-state index contributed by atoms with van der Waals surface area (Å²) in [5, 5.41) is 0.761. The fourth-order valence-electron chi connectivity index (χ4n) is 3.78. The molecule has 4 rings (SSSR count). The Morgan fingerprint density at radius 3 is 2.47 bits per heavy atom. The number of nitrogens with zero attached hydrogens (tertiary/aromatic N) is 1. The van der Waals surface area contributed by atoms with Crippen LogP contribution in [0.4, 0.5) is 4.79 Å². The van der Waals surface area contributed by atoms with Crippen molar-refractivity contribution < 1.29 is 23.8 Å². The van der Waals surface area contributed by atoms with Crippen molar-refractivity contribution in [1.29, 1.82) is 0 Å². The fourth-order valence-corrected chi connectivity index (χ4v) is 4.96. The van der Waals surface area contributed by atoms with Crippen LogP contribution in [-0.4, -0.2) is 36.3 Å². The van der Waals surface area contributed by atoms with Gasteiger partial charge in [0.1, 0.15) is 19.0 Å². The number of hydrogen-bond acceptors (Lipinski definition) is 6. The normalized spacial score (nSPS) is 14.2. The Morgan fingerprint density at radius 1 is 1.00 bits per heavy atom. The van der Waals surface area contributed by atoms with Crippen LogP contribution in [0.25, 0.3) is 6.08 Å². The SMILES string of the molecule is C=CCc1cc(/C=C2\SC(=O)N(CCOc3ccccc3Cl)C2=O)cc(OC)c1OCc1ccc(Cl)cc1. The van der Waals surface area contributed by atoms with Crippen molar-refractivity contribution in [3.8, 4) is 17.2 Å². The van der Waals surface area contributed by atoms with Gasteiger partial charge in [-0.05, 0) is 71.8 Å². The highest BCUT2D eigenvalue weighted by Gasteiger charge is 2.35. The summed E-state index contributed by atoms with van der Waals surface area (Å²) in [6.07, 6.45) is 3.97. The predicted molar refractivity (Wildman–Crippen MR) is 152 cm³/mol. The van der Waals surface area contributed by atoms with Crippen LogP contribution in [0.1, 0.15) is 16.7 Å². The average Bonchev–Trinajstić information content (AvgIpc) is 3.17. The van der Waals surface area contributed by atoms with E-state index >= 15 is 0 Å². The van der Waals surface area contributed by atoms with Gasteiger partial charge in [0.05, 0.1) is 23.6 Å². The highest BCUT2D eigenvalue weighted by Crippen LogP contribution is 2.37. The number of hydrogen-bond donors (Lipinski definition) is 0. The van der Waals surface area contributed by atoms with Crippen LogP contribution >= 0.6 is 35.0 Å². The molecule has 0 spiro atoms. The Balaban J connectivity index is 1.50. The lowest BCUT2D eigenvalue weighted by Crippen LogP contribution is -2.32. The maximum Gasteiger partial charge on any atom is 0.293 e. The van der Waals surface area contributed by atoms with Crippen LogP contribution in [0, 0.1) is 0 Å². The number of thioether (sulfide) groups is 1. The van der Waals surface area contributed by atoms with Crippen molar-refractivity contribution >= 4 is 52.2 Å². The lowest BCUT2D eigenvalue weighted by molar-refractivity contribution is -0.123. The summed E-state index contributed by atoms with van der Waals surface area (Å²) >= 11 is 13.0. The van der Waals surface area contributed by atoms with E-state index in [9.17, 15) is 9.59 Å². The van der Waals surface area contributed by atoms with Crippen molar-refractivity contribution in [3.63, 3.8) is 0 Å². The van der Waals surface area contributed by atoms with Gasteiger partial charge in [-0.1, -0.05) is 53.5 Å². The first-order valence-electron chi connectivity index (χ1n) is 11.7. The Labute approximate surface area is 235 Å². The first-order valence-corrected chi connectivity index (χ1v) is 13.3. The van der Waals surface area contributed by atoms with Crippen molar-refractivity contribution in [1.82, 2.24) is 4.90 Å². The molecule has 0 unspecified atom stereocenters. The summed E-state index contributed by atoms with van der Waals surface area (Å²) < 4.78 is 17.4. The number of ether oxygens (including phenoxy) is 3. The van der Waals surface area contributed by atoms with Crippen LogP contribution in [0.3, 0.4) is 0 Å². The molecule has 0 bridgehead atoms. The molecule has 1 saturated heterocycles. The Bertz CT molecular complexity index is 1370.